The molecule has 1 aromatic carbocycles. The Morgan fingerprint density at radius 1 is 1.07 bits per heavy atom. The van der Waals surface area contributed by atoms with Crippen molar-refractivity contribution >= 4 is 41.3 Å². The number of aliphatic imine (C=N–C) groups is 1. The second-order valence-electron chi connectivity index (χ2n) is 7.13. The summed E-state index contributed by atoms with van der Waals surface area (Å²) in [5.41, 5.74) is 3.86. The Balaban J connectivity index is 0.00000280. The van der Waals surface area contributed by atoms with Gasteiger partial charge in [0.05, 0.1) is 17.2 Å². The third-order valence-corrected chi connectivity index (χ3v) is 6.12. The number of piperidine rings is 1. The van der Waals surface area contributed by atoms with Gasteiger partial charge in [0.1, 0.15) is 0 Å². The molecule has 0 spiro atoms. The van der Waals surface area contributed by atoms with Crippen molar-refractivity contribution in [1.29, 1.82) is 0 Å². The van der Waals surface area contributed by atoms with Crippen LogP contribution in [0.25, 0.3) is 0 Å². The van der Waals surface area contributed by atoms with Crippen molar-refractivity contribution in [2.75, 3.05) is 20.1 Å². The van der Waals surface area contributed by atoms with Crippen LogP contribution in [0.5, 0.6) is 0 Å². The zero-order valence-electron chi connectivity index (χ0n) is 17.1. The molecule has 7 heteroatoms. The van der Waals surface area contributed by atoms with E-state index in [1.807, 2.05) is 14.0 Å². The van der Waals surface area contributed by atoms with Crippen LogP contribution in [-0.4, -0.2) is 36.0 Å². The van der Waals surface area contributed by atoms with E-state index in [-0.39, 0.29) is 24.0 Å². The molecular formula is C21H32IN5S. The SMILES string of the molecule is CN=C(NCc1ccccc1CN1CCCCC1)NCc1sc(C)nc1C.I. The van der Waals surface area contributed by atoms with E-state index in [0.29, 0.717) is 0 Å². The molecule has 0 atom stereocenters. The first-order chi connectivity index (χ1) is 13.2. The Morgan fingerprint density at radius 2 is 1.75 bits per heavy atom. The maximum atomic E-state index is 4.49. The third-order valence-electron chi connectivity index (χ3n) is 5.05. The van der Waals surface area contributed by atoms with Crippen molar-refractivity contribution in [1.82, 2.24) is 20.5 Å². The van der Waals surface area contributed by atoms with Gasteiger partial charge in [0.25, 0.3) is 0 Å². The average molecular weight is 513 g/mol. The van der Waals surface area contributed by atoms with Crippen LogP contribution in [0.4, 0.5) is 0 Å². The zero-order chi connectivity index (χ0) is 19.1. The number of aryl methyl sites for hydroxylation is 2. The lowest BCUT2D eigenvalue weighted by Crippen LogP contribution is -2.36. The number of aromatic nitrogens is 1. The Kier molecular flexibility index (Phi) is 9.67. The van der Waals surface area contributed by atoms with Crippen LogP contribution < -0.4 is 10.6 Å². The largest absolute Gasteiger partial charge is 0.352 e. The molecule has 0 unspecified atom stereocenters. The molecule has 28 heavy (non-hydrogen) atoms. The van der Waals surface area contributed by atoms with Crippen LogP contribution in [0.1, 0.15) is 46.0 Å². The van der Waals surface area contributed by atoms with Gasteiger partial charge in [0.2, 0.25) is 0 Å². The smallest absolute Gasteiger partial charge is 0.191 e. The van der Waals surface area contributed by atoms with Crippen LogP contribution in [0.15, 0.2) is 29.3 Å². The lowest BCUT2D eigenvalue weighted by Gasteiger charge is -2.27. The normalized spacial score (nSPS) is 15.2. The number of hydrogen-bond donors (Lipinski definition) is 2. The van der Waals surface area contributed by atoms with Crippen LogP contribution in [0, 0.1) is 13.8 Å². The predicted octanol–water partition coefficient (Wildman–Crippen LogP) is 4.23. The van der Waals surface area contributed by atoms with E-state index in [2.05, 4.69) is 56.7 Å². The minimum Gasteiger partial charge on any atom is -0.352 e. The van der Waals surface area contributed by atoms with Gasteiger partial charge in [-0.15, -0.1) is 35.3 Å². The van der Waals surface area contributed by atoms with Gasteiger partial charge >= 0.3 is 0 Å². The molecule has 1 aliphatic heterocycles. The van der Waals surface area contributed by atoms with Crippen molar-refractivity contribution in [3.05, 3.63) is 51.0 Å². The molecule has 1 saturated heterocycles. The highest BCUT2D eigenvalue weighted by molar-refractivity contribution is 14.0. The fourth-order valence-electron chi connectivity index (χ4n) is 3.54. The molecule has 154 valence electrons. The Morgan fingerprint density at radius 3 is 2.39 bits per heavy atom. The number of likely N-dealkylation sites (tertiary alicyclic amines) is 1. The summed E-state index contributed by atoms with van der Waals surface area (Å²) in [6.45, 7) is 9.14. The zero-order valence-corrected chi connectivity index (χ0v) is 20.3. The summed E-state index contributed by atoms with van der Waals surface area (Å²) in [4.78, 5) is 12.7. The fraction of sp³-hybridized carbons (Fsp3) is 0.524. The van der Waals surface area contributed by atoms with Gasteiger partial charge in [0, 0.05) is 25.0 Å². The van der Waals surface area contributed by atoms with Gasteiger partial charge in [-0.05, 0) is 50.9 Å². The third kappa shape index (κ3) is 6.70. The summed E-state index contributed by atoms with van der Waals surface area (Å²) in [6, 6.07) is 8.74. The minimum absolute atomic E-state index is 0. The molecule has 1 aromatic heterocycles. The molecule has 1 aliphatic rings. The van der Waals surface area contributed by atoms with Gasteiger partial charge < -0.3 is 10.6 Å². The van der Waals surface area contributed by atoms with Crippen LogP contribution >= 0.6 is 35.3 Å². The summed E-state index contributed by atoms with van der Waals surface area (Å²) in [6.07, 6.45) is 4.03. The van der Waals surface area contributed by atoms with Crippen molar-refractivity contribution in [3.63, 3.8) is 0 Å². The minimum atomic E-state index is 0. The van der Waals surface area contributed by atoms with E-state index in [9.17, 15) is 0 Å². The van der Waals surface area contributed by atoms with Gasteiger partial charge in [-0.25, -0.2) is 4.98 Å². The van der Waals surface area contributed by atoms with E-state index in [1.165, 1.54) is 48.4 Å². The molecule has 5 nitrogen and oxygen atoms in total. The maximum Gasteiger partial charge on any atom is 0.191 e. The topological polar surface area (TPSA) is 52.6 Å². The molecular weight excluding hydrogens is 481 g/mol. The molecule has 2 aromatic rings. The lowest BCUT2D eigenvalue weighted by atomic mass is 10.0. The van der Waals surface area contributed by atoms with E-state index in [1.54, 1.807) is 11.3 Å². The molecule has 0 amide bonds. The van der Waals surface area contributed by atoms with Crippen LogP contribution in [0.2, 0.25) is 0 Å². The van der Waals surface area contributed by atoms with E-state index < -0.39 is 0 Å². The van der Waals surface area contributed by atoms with Gasteiger partial charge in [0.15, 0.2) is 5.96 Å². The molecule has 1 fully saturated rings. The number of rotatable bonds is 6. The highest BCUT2D eigenvalue weighted by atomic mass is 127. The second-order valence-corrected chi connectivity index (χ2v) is 8.41. The standard InChI is InChI=1S/C21H31N5S.HI/c1-16-20(27-17(2)25-16)14-24-21(22-3)23-13-18-9-5-6-10-19(18)15-26-11-7-4-8-12-26;/h5-6,9-10H,4,7-8,11-15H2,1-3H3,(H2,22,23,24);1H. The maximum absolute atomic E-state index is 4.49. The van der Waals surface area contributed by atoms with Crippen molar-refractivity contribution < 1.29 is 0 Å². The Bertz CT molecular complexity index is 768. The van der Waals surface area contributed by atoms with Crippen molar-refractivity contribution in [2.45, 2.75) is 52.7 Å². The van der Waals surface area contributed by atoms with E-state index in [0.717, 1.165) is 36.3 Å². The number of nitrogens with zero attached hydrogens (tertiary/aromatic N) is 3. The molecule has 0 radical (unpaired) electrons. The van der Waals surface area contributed by atoms with Crippen LogP contribution in [0.3, 0.4) is 0 Å². The van der Waals surface area contributed by atoms with E-state index in [4.69, 9.17) is 0 Å². The van der Waals surface area contributed by atoms with Crippen LogP contribution in [-0.2, 0) is 19.6 Å². The average Bonchev–Trinajstić information content (AvgIpc) is 3.01. The summed E-state index contributed by atoms with van der Waals surface area (Å²) in [5.74, 6) is 0.827. The summed E-state index contributed by atoms with van der Waals surface area (Å²) in [5, 5.41) is 7.98. The van der Waals surface area contributed by atoms with Crippen molar-refractivity contribution in [3.8, 4) is 0 Å². The highest BCUT2D eigenvalue weighted by Crippen LogP contribution is 2.17. The van der Waals surface area contributed by atoms with Gasteiger partial charge in [-0.1, -0.05) is 30.7 Å². The molecule has 3 rings (SSSR count). The lowest BCUT2D eigenvalue weighted by molar-refractivity contribution is 0.220. The first-order valence-electron chi connectivity index (χ1n) is 9.82. The predicted molar refractivity (Wildman–Crippen MR) is 130 cm³/mol. The number of guanidine groups is 1. The molecule has 0 aliphatic carbocycles. The molecule has 2 heterocycles. The molecule has 0 bridgehead atoms. The Labute approximate surface area is 190 Å². The monoisotopic (exact) mass is 513 g/mol. The number of halogens is 1. The molecule has 0 saturated carbocycles. The van der Waals surface area contributed by atoms with Crippen molar-refractivity contribution in [2.24, 2.45) is 4.99 Å². The number of nitrogens with one attached hydrogen (secondary N) is 2. The first kappa shape index (κ1) is 23.1. The number of benzene rings is 1. The first-order valence-corrected chi connectivity index (χ1v) is 10.6. The molecule has 2 N–H and O–H groups in total. The fourth-order valence-corrected chi connectivity index (χ4v) is 4.42. The summed E-state index contributed by atoms with van der Waals surface area (Å²) < 4.78 is 0. The number of hydrogen-bond acceptors (Lipinski definition) is 4. The number of thiazole rings is 1. The van der Waals surface area contributed by atoms with Gasteiger partial charge in [-0.3, -0.25) is 9.89 Å². The quantitative estimate of drug-likeness (QED) is 0.345. The second kappa shape index (κ2) is 11.7. The van der Waals surface area contributed by atoms with E-state index >= 15 is 0 Å². The summed E-state index contributed by atoms with van der Waals surface area (Å²) in [7, 11) is 1.82. The Hall–Kier alpha value is -1.19. The highest BCUT2D eigenvalue weighted by Gasteiger charge is 2.12. The summed E-state index contributed by atoms with van der Waals surface area (Å²) >= 11 is 1.74. The van der Waals surface area contributed by atoms with Gasteiger partial charge in [-0.2, -0.15) is 0 Å².